The molecule has 0 unspecified atom stereocenters. The van der Waals surface area contributed by atoms with E-state index < -0.39 is 0 Å². The number of rotatable bonds is 1. The molecule has 1 rings (SSSR count). The number of aromatic hydroxyl groups is 1. The minimum atomic E-state index is -0.0915. The van der Waals surface area contributed by atoms with E-state index in [1.807, 2.05) is 0 Å². The van der Waals surface area contributed by atoms with Gasteiger partial charge in [0.25, 0.3) is 0 Å². The zero-order chi connectivity index (χ0) is 15.2. The fraction of sp³-hybridized carbons (Fsp3) is 0.647. The van der Waals surface area contributed by atoms with Crippen molar-refractivity contribution in [3.63, 3.8) is 0 Å². The molecule has 0 saturated carbocycles. The maximum Gasteiger partial charge on any atom is 0.123 e. The number of phenolic OH excluding ortho intramolecular Hbond substituents is 1. The molecule has 0 atom stereocenters. The molecule has 0 saturated heterocycles. The van der Waals surface area contributed by atoms with Crippen LogP contribution in [-0.4, -0.2) is 5.11 Å². The maximum absolute atomic E-state index is 10.8. The van der Waals surface area contributed by atoms with E-state index in [1.165, 1.54) is 5.56 Å². The lowest BCUT2D eigenvalue weighted by Gasteiger charge is -2.32. The summed E-state index contributed by atoms with van der Waals surface area (Å²) in [6, 6.07) is 0. The molecule has 2 heteroatoms. The minimum absolute atomic E-state index is 0.0915. The van der Waals surface area contributed by atoms with E-state index in [1.54, 1.807) is 0 Å². The second-order valence-electron chi connectivity index (χ2n) is 7.53. The van der Waals surface area contributed by atoms with Crippen LogP contribution in [-0.2, 0) is 17.4 Å². The molecule has 0 aliphatic rings. The Kier molecular flexibility index (Phi) is 4.07. The fourth-order valence-corrected chi connectivity index (χ4v) is 3.20. The molecule has 1 aromatic carbocycles. The van der Waals surface area contributed by atoms with Gasteiger partial charge in [-0.15, -0.1) is 0 Å². The molecule has 0 fully saturated rings. The predicted molar refractivity (Wildman–Crippen MR) is 82.9 cm³/mol. The van der Waals surface area contributed by atoms with Gasteiger partial charge in [0.15, 0.2) is 0 Å². The Bertz CT molecular complexity index is 446. The van der Waals surface area contributed by atoms with Crippen LogP contribution in [0.25, 0.3) is 0 Å². The van der Waals surface area contributed by atoms with Crippen molar-refractivity contribution in [2.45, 2.75) is 72.8 Å². The van der Waals surface area contributed by atoms with Gasteiger partial charge in [-0.2, -0.15) is 0 Å². The van der Waals surface area contributed by atoms with Crippen molar-refractivity contribution in [3.05, 3.63) is 27.8 Å². The monoisotopic (exact) mass is 263 g/mol. The summed E-state index contributed by atoms with van der Waals surface area (Å²) in [6.07, 6.45) is 0. The Morgan fingerprint density at radius 2 is 1.16 bits per heavy atom. The second-order valence-corrected chi connectivity index (χ2v) is 7.53. The molecule has 3 N–H and O–H groups in total. The number of nitrogens with two attached hydrogens (primary N) is 1. The molecule has 0 heterocycles. The number of hydrogen-bond acceptors (Lipinski definition) is 2. The van der Waals surface area contributed by atoms with E-state index in [2.05, 4.69) is 55.4 Å². The highest BCUT2D eigenvalue weighted by atomic mass is 16.3. The van der Waals surface area contributed by atoms with Crippen LogP contribution in [0.15, 0.2) is 0 Å². The second kappa shape index (κ2) is 4.82. The minimum Gasteiger partial charge on any atom is -0.507 e. The summed E-state index contributed by atoms with van der Waals surface area (Å²) in [6.45, 7) is 17.5. The molecule has 19 heavy (non-hydrogen) atoms. The van der Waals surface area contributed by atoms with E-state index in [0.717, 1.165) is 22.3 Å². The molecule has 0 aliphatic heterocycles. The average molecular weight is 263 g/mol. The zero-order valence-corrected chi connectivity index (χ0v) is 13.7. The highest BCUT2D eigenvalue weighted by Crippen LogP contribution is 2.44. The highest BCUT2D eigenvalue weighted by Gasteiger charge is 2.30. The van der Waals surface area contributed by atoms with Crippen molar-refractivity contribution in [2.24, 2.45) is 5.73 Å². The van der Waals surface area contributed by atoms with Crippen molar-refractivity contribution in [3.8, 4) is 5.75 Å². The van der Waals surface area contributed by atoms with E-state index in [4.69, 9.17) is 5.73 Å². The van der Waals surface area contributed by atoms with Crippen LogP contribution in [0.5, 0.6) is 5.75 Å². The van der Waals surface area contributed by atoms with E-state index in [0.29, 0.717) is 12.3 Å². The topological polar surface area (TPSA) is 46.2 Å². The summed E-state index contributed by atoms with van der Waals surface area (Å²) in [5.74, 6) is 0.451. The van der Waals surface area contributed by atoms with Gasteiger partial charge in [-0.3, -0.25) is 0 Å². The first kappa shape index (κ1) is 16.0. The molecule has 0 radical (unpaired) electrons. The normalized spacial score (nSPS) is 12.9. The van der Waals surface area contributed by atoms with E-state index in [-0.39, 0.29) is 10.8 Å². The third-order valence-electron chi connectivity index (χ3n) is 3.83. The Morgan fingerprint density at radius 3 is 1.37 bits per heavy atom. The average Bonchev–Trinajstić information content (AvgIpc) is 2.12. The lowest BCUT2D eigenvalue weighted by molar-refractivity contribution is 0.420. The van der Waals surface area contributed by atoms with Crippen molar-refractivity contribution < 1.29 is 5.11 Å². The van der Waals surface area contributed by atoms with Gasteiger partial charge in [0.2, 0.25) is 0 Å². The fourth-order valence-electron chi connectivity index (χ4n) is 3.20. The van der Waals surface area contributed by atoms with Crippen LogP contribution >= 0.6 is 0 Å². The zero-order valence-electron chi connectivity index (χ0n) is 13.7. The van der Waals surface area contributed by atoms with Gasteiger partial charge in [0, 0.05) is 17.7 Å². The van der Waals surface area contributed by atoms with Gasteiger partial charge in [-0.25, -0.2) is 0 Å². The first-order valence-electron chi connectivity index (χ1n) is 6.99. The van der Waals surface area contributed by atoms with Gasteiger partial charge >= 0.3 is 0 Å². The standard InChI is InChI=1S/C17H29NO/c1-10-12(9-18)11(2)14(17(6,7)8)15(19)13(10)16(3,4)5/h19H,9,18H2,1-8H3. The van der Waals surface area contributed by atoms with Crippen LogP contribution in [0, 0.1) is 13.8 Å². The SMILES string of the molecule is Cc1c(CN)c(C)c(C(C)(C)C)c(O)c1C(C)(C)C. The summed E-state index contributed by atoms with van der Waals surface area (Å²) >= 11 is 0. The van der Waals surface area contributed by atoms with Crippen molar-refractivity contribution in [1.82, 2.24) is 0 Å². The molecule has 2 nitrogen and oxygen atoms in total. The largest absolute Gasteiger partial charge is 0.507 e. The molecular weight excluding hydrogens is 234 g/mol. The maximum atomic E-state index is 10.8. The predicted octanol–water partition coefficient (Wildman–Crippen LogP) is 4.06. The van der Waals surface area contributed by atoms with Crippen LogP contribution in [0.3, 0.4) is 0 Å². The van der Waals surface area contributed by atoms with Gasteiger partial charge in [0.1, 0.15) is 5.75 Å². The Hall–Kier alpha value is -1.02. The summed E-state index contributed by atoms with van der Waals surface area (Å²) in [7, 11) is 0. The van der Waals surface area contributed by atoms with Crippen molar-refractivity contribution in [1.29, 1.82) is 0 Å². The number of benzene rings is 1. The van der Waals surface area contributed by atoms with Crippen LogP contribution in [0.2, 0.25) is 0 Å². The lowest BCUT2D eigenvalue weighted by atomic mass is 9.73. The Balaban J connectivity index is 3.88. The molecule has 0 bridgehead atoms. The summed E-state index contributed by atoms with van der Waals surface area (Å²) in [4.78, 5) is 0. The molecule has 108 valence electrons. The van der Waals surface area contributed by atoms with E-state index >= 15 is 0 Å². The van der Waals surface area contributed by atoms with E-state index in [9.17, 15) is 5.11 Å². The third kappa shape index (κ3) is 2.79. The lowest BCUT2D eigenvalue weighted by Crippen LogP contribution is -2.22. The first-order valence-corrected chi connectivity index (χ1v) is 6.99. The molecular formula is C17H29NO. The molecule has 0 aromatic heterocycles. The third-order valence-corrected chi connectivity index (χ3v) is 3.83. The summed E-state index contributed by atoms with van der Waals surface area (Å²) < 4.78 is 0. The molecule has 0 aliphatic carbocycles. The molecule has 0 amide bonds. The Labute approximate surface area is 118 Å². The van der Waals surface area contributed by atoms with Gasteiger partial charge in [0.05, 0.1) is 0 Å². The van der Waals surface area contributed by atoms with Crippen LogP contribution in [0.1, 0.15) is 69.4 Å². The Morgan fingerprint density at radius 1 is 0.842 bits per heavy atom. The van der Waals surface area contributed by atoms with Gasteiger partial charge in [-0.1, -0.05) is 41.5 Å². The van der Waals surface area contributed by atoms with Crippen LogP contribution in [0.4, 0.5) is 0 Å². The van der Waals surface area contributed by atoms with Crippen molar-refractivity contribution in [2.75, 3.05) is 0 Å². The van der Waals surface area contributed by atoms with Gasteiger partial charge < -0.3 is 10.8 Å². The summed E-state index contributed by atoms with van der Waals surface area (Å²) in [5, 5.41) is 10.8. The van der Waals surface area contributed by atoms with Crippen molar-refractivity contribution >= 4 is 0 Å². The number of phenols is 1. The number of hydrogen-bond donors (Lipinski definition) is 2. The first-order chi connectivity index (χ1) is 8.42. The quantitative estimate of drug-likeness (QED) is 0.802. The summed E-state index contributed by atoms with van der Waals surface area (Å²) in [5.41, 5.74) is 11.3. The smallest absolute Gasteiger partial charge is 0.123 e. The van der Waals surface area contributed by atoms with Crippen LogP contribution < -0.4 is 5.73 Å². The molecule has 0 spiro atoms. The molecule has 1 aromatic rings. The highest BCUT2D eigenvalue weighted by molar-refractivity contribution is 5.58. The van der Waals surface area contributed by atoms with Gasteiger partial charge in [-0.05, 0) is 41.4 Å².